The van der Waals surface area contributed by atoms with Gasteiger partial charge in [0, 0.05) is 5.92 Å². The Kier molecular flexibility index (Phi) is 1.93. The molecule has 3 aliphatic rings. The lowest BCUT2D eigenvalue weighted by atomic mass is 10.0. The molecule has 3 saturated carbocycles. The third-order valence-electron chi connectivity index (χ3n) is 5.06. The van der Waals surface area contributed by atoms with Gasteiger partial charge in [-0.3, -0.25) is 4.79 Å². The molecule has 4 rings (SSSR count). The Bertz CT molecular complexity index is 423. The number of amides is 1. The van der Waals surface area contributed by atoms with E-state index < -0.39 is 0 Å². The van der Waals surface area contributed by atoms with Crippen LogP contribution >= 0.6 is 0 Å². The first-order valence-corrected chi connectivity index (χ1v) is 6.64. The highest BCUT2D eigenvalue weighted by Gasteiger charge is 2.67. The second-order valence-corrected chi connectivity index (χ2v) is 5.81. The molecule has 2 bridgehead atoms. The van der Waals surface area contributed by atoms with Crippen molar-refractivity contribution in [3.8, 4) is 0 Å². The summed E-state index contributed by atoms with van der Waals surface area (Å²) in [6.45, 7) is 0.539. The molecule has 1 amide bonds. The molecule has 1 unspecified atom stereocenters. The van der Waals surface area contributed by atoms with E-state index in [0.717, 1.165) is 29.4 Å². The highest BCUT2D eigenvalue weighted by atomic mass is 16.3. The molecule has 3 nitrogen and oxygen atoms in total. The molecule has 0 spiro atoms. The SMILES string of the molecule is O=C(NCc1ccco1)C1[C@@H]2[C@@H]3CC[C@H](C3)[C@H]12. The van der Waals surface area contributed by atoms with Crippen molar-refractivity contribution in [2.24, 2.45) is 29.6 Å². The van der Waals surface area contributed by atoms with Crippen LogP contribution in [0, 0.1) is 29.6 Å². The summed E-state index contributed by atoms with van der Waals surface area (Å²) in [6, 6.07) is 3.76. The second-order valence-electron chi connectivity index (χ2n) is 5.81. The molecule has 1 N–H and O–H groups in total. The molecular weight excluding hydrogens is 214 g/mol. The van der Waals surface area contributed by atoms with Crippen molar-refractivity contribution in [2.45, 2.75) is 25.8 Å². The molecule has 1 aromatic rings. The van der Waals surface area contributed by atoms with E-state index in [9.17, 15) is 4.79 Å². The maximum Gasteiger partial charge on any atom is 0.224 e. The normalized spacial score (nSPS) is 41.3. The zero-order valence-corrected chi connectivity index (χ0v) is 9.76. The van der Waals surface area contributed by atoms with Crippen LogP contribution in [0.5, 0.6) is 0 Å². The number of hydrogen-bond donors (Lipinski definition) is 1. The highest BCUT2D eigenvalue weighted by molar-refractivity contribution is 5.82. The number of furan rings is 1. The summed E-state index contributed by atoms with van der Waals surface area (Å²) < 4.78 is 5.22. The molecule has 3 heteroatoms. The zero-order valence-electron chi connectivity index (χ0n) is 9.76. The molecule has 0 aromatic carbocycles. The van der Waals surface area contributed by atoms with Crippen molar-refractivity contribution in [2.75, 3.05) is 0 Å². The fourth-order valence-corrected chi connectivity index (χ4v) is 4.38. The first-order valence-electron chi connectivity index (χ1n) is 6.64. The van der Waals surface area contributed by atoms with Gasteiger partial charge in [-0.05, 0) is 55.1 Å². The Morgan fingerprint density at radius 2 is 2.12 bits per heavy atom. The van der Waals surface area contributed by atoms with Gasteiger partial charge in [-0.2, -0.15) is 0 Å². The number of fused-ring (bicyclic) bond motifs is 5. The van der Waals surface area contributed by atoms with Gasteiger partial charge in [-0.25, -0.2) is 0 Å². The number of nitrogens with one attached hydrogen (secondary N) is 1. The van der Waals surface area contributed by atoms with Crippen LogP contribution in [-0.4, -0.2) is 5.91 Å². The summed E-state index contributed by atoms with van der Waals surface area (Å²) in [6.07, 6.45) is 5.78. The number of carbonyl (C=O) groups is 1. The van der Waals surface area contributed by atoms with Crippen LogP contribution in [0.3, 0.4) is 0 Å². The van der Waals surface area contributed by atoms with E-state index in [1.54, 1.807) is 6.26 Å². The molecule has 3 aliphatic carbocycles. The second kappa shape index (κ2) is 3.37. The molecule has 0 saturated heterocycles. The lowest BCUT2D eigenvalue weighted by Gasteiger charge is -2.08. The molecule has 5 atom stereocenters. The van der Waals surface area contributed by atoms with E-state index in [0.29, 0.717) is 12.5 Å². The van der Waals surface area contributed by atoms with E-state index in [-0.39, 0.29) is 5.91 Å². The Hall–Kier alpha value is -1.25. The van der Waals surface area contributed by atoms with Gasteiger partial charge in [0.2, 0.25) is 5.91 Å². The predicted molar refractivity (Wildman–Crippen MR) is 61.9 cm³/mol. The Morgan fingerprint density at radius 3 is 2.76 bits per heavy atom. The van der Waals surface area contributed by atoms with Crippen molar-refractivity contribution in [1.29, 1.82) is 0 Å². The summed E-state index contributed by atoms with van der Waals surface area (Å²) in [5, 5.41) is 3.01. The summed E-state index contributed by atoms with van der Waals surface area (Å²) in [5.74, 6) is 4.61. The third kappa shape index (κ3) is 1.38. The summed E-state index contributed by atoms with van der Waals surface area (Å²) in [4.78, 5) is 12.1. The van der Waals surface area contributed by atoms with Crippen LogP contribution < -0.4 is 5.32 Å². The maximum atomic E-state index is 12.1. The lowest BCUT2D eigenvalue weighted by Crippen LogP contribution is -2.26. The van der Waals surface area contributed by atoms with Gasteiger partial charge in [0.1, 0.15) is 5.76 Å². The summed E-state index contributed by atoms with van der Waals surface area (Å²) in [5.41, 5.74) is 0. The molecule has 1 aromatic heterocycles. The monoisotopic (exact) mass is 231 g/mol. The molecule has 90 valence electrons. The minimum absolute atomic E-state index is 0.257. The fraction of sp³-hybridized carbons (Fsp3) is 0.643. The standard InChI is InChI=1S/C14H17NO2/c16-14(15-7-10-2-1-5-17-10)13-11-8-3-4-9(6-8)12(11)13/h1-2,5,8-9,11-13H,3-4,6-7H2,(H,15,16)/t8-,9-,11-,12+,13?/m1/s1. The van der Waals surface area contributed by atoms with Gasteiger partial charge in [0.25, 0.3) is 0 Å². The first kappa shape index (κ1) is 9.75. The fourth-order valence-electron chi connectivity index (χ4n) is 4.38. The largest absolute Gasteiger partial charge is 0.467 e. The van der Waals surface area contributed by atoms with Crippen molar-refractivity contribution in [3.05, 3.63) is 24.2 Å². The van der Waals surface area contributed by atoms with Crippen LogP contribution in [0.4, 0.5) is 0 Å². The van der Waals surface area contributed by atoms with E-state index in [1.807, 2.05) is 12.1 Å². The molecule has 1 heterocycles. The molecular formula is C14H17NO2. The molecule has 17 heavy (non-hydrogen) atoms. The van der Waals surface area contributed by atoms with Gasteiger partial charge in [-0.15, -0.1) is 0 Å². The van der Waals surface area contributed by atoms with Crippen LogP contribution in [0.2, 0.25) is 0 Å². The van der Waals surface area contributed by atoms with Gasteiger partial charge < -0.3 is 9.73 Å². The van der Waals surface area contributed by atoms with Crippen molar-refractivity contribution < 1.29 is 9.21 Å². The van der Waals surface area contributed by atoms with Crippen molar-refractivity contribution in [3.63, 3.8) is 0 Å². The third-order valence-corrected chi connectivity index (χ3v) is 5.06. The molecule has 3 fully saturated rings. The van der Waals surface area contributed by atoms with E-state index in [4.69, 9.17) is 4.42 Å². The lowest BCUT2D eigenvalue weighted by molar-refractivity contribution is -0.123. The number of hydrogen-bond acceptors (Lipinski definition) is 2. The quantitative estimate of drug-likeness (QED) is 0.866. The van der Waals surface area contributed by atoms with Gasteiger partial charge in [0.05, 0.1) is 12.8 Å². The van der Waals surface area contributed by atoms with Crippen LogP contribution in [0.15, 0.2) is 22.8 Å². The minimum atomic E-state index is 0.257. The van der Waals surface area contributed by atoms with Crippen LogP contribution in [0.25, 0.3) is 0 Å². The predicted octanol–water partition coefficient (Wildman–Crippen LogP) is 2.19. The molecule has 0 radical (unpaired) electrons. The average molecular weight is 231 g/mol. The van der Waals surface area contributed by atoms with E-state index >= 15 is 0 Å². The van der Waals surface area contributed by atoms with E-state index in [2.05, 4.69) is 5.32 Å². The Morgan fingerprint density at radius 1 is 1.35 bits per heavy atom. The van der Waals surface area contributed by atoms with Crippen molar-refractivity contribution in [1.82, 2.24) is 5.32 Å². The topological polar surface area (TPSA) is 42.2 Å². The Balaban J connectivity index is 1.37. The smallest absolute Gasteiger partial charge is 0.224 e. The highest BCUT2D eigenvalue weighted by Crippen LogP contribution is 2.69. The minimum Gasteiger partial charge on any atom is -0.467 e. The summed E-state index contributed by atoms with van der Waals surface area (Å²) >= 11 is 0. The summed E-state index contributed by atoms with van der Waals surface area (Å²) in [7, 11) is 0. The van der Waals surface area contributed by atoms with Gasteiger partial charge >= 0.3 is 0 Å². The Labute approximate surface area is 101 Å². The molecule has 0 aliphatic heterocycles. The number of carbonyl (C=O) groups excluding carboxylic acids is 1. The number of rotatable bonds is 3. The average Bonchev–Trinajstić information content (AvgIpc) is 2.80. The first-order chi connectivity index (χ1) is 8.34. The van der Waals surface area contributed by atoms with Crippen LogP contribution in [-0.2, 0) is 11.3 Å². The van der Waals surface area contributed by atoms with Gasteiger partial charge in [-0.1, -0.05) is 0 Å². The maximum absolute atomic E-state index is 12.1. The van der Waals surface area contributed by atoms with Crippen molar-refractivity contribution >= 4 is 5.91 Å². The van der Waals surface area contributed by atoms with Gasteiger partial charge in [0.15, 0.2) is 0 Å². The van der Waals surface area contributed by atoms with Crippen LogP contribution in [0.1, 0.15) is 25.0 Å². The zero-order chi connectivity index (χ0) is 11.4. The van der Waals surface area contributed by atoms with E-state index in [1.165, 1.54) is 19.3 Å².